The monoisotopic (exact) mass is 312 g/mol. The molecule has 23 heavy (non-hydrogen) atoms. The summed E-state index contributed by atoms with van der Waals surface area (Å²) in [5, 5.41) is 3.41. The first-order valence-corrected chi connectivity index (χ1v) is 7.73. The average molecular weight is 312 g/mol. The Kier molecular flexibility index (Phi) is 4.52. The van der Waals surface area contributed by atoms with Crippen molar-refractivity contribution in [3.05, 3.63) is 54.0 Å². The molecule has 0 atom stereocenters. The summed E-state index contributed by atoms with van der Waals surface area (Å²) in [5.74, 6) is 0.856. The van der Waals surface area contributed by atoms with E-state index in [0.717, 1.165) is 25.9 Å². The number of hydrogen-bond acceptors (Lipinski definition) is 5. The number of nitrogens with zero attached hydrogens (tertiary/aromatic N) is 2. The summed E-state index contributed by atoms with van der Waals surface area (Å²) in [5.41, 5.74) is 6.34. The lowest BCUT2D eigenvalue weighted by molar-refractivity contribution is 0.208. The van der Waals surface area contributed by atoms with Gasteiger partial charge in [0, 0.05) is 24.1 Å². The maximum absolute atomic E-state index is 10.9. The Morgan fingerprint density at radius 3 is 2.65 bits per heavy atom. The van der Waals surface area contributed by atoms with E-state index in [1.165, 1.54) is 11.6 Å². The number of benzene rings is 1. The minimum Gasteiger partial charge on any atom is -0.391 e. The molecule has 1 saturated heterocycles. The molecule has 120 valence electrons. The summed E-state index contributed by atoms with van der Waals surface area (Å²) < 4.78 is 4.86. The van der Waals surface area contributed by atoms with Crippen LogP contribution in [0.15, 0.2) is 42.6 Å². The van der Waals surface area contributed by atoms with Crippen LogP contribution >= 0.6 is 0 Å². The molecule has 6 heteroatoms. The van der Waals surface area contributed by atoms with Crippen molar-refractivity contribution < 1.29 is 9.53 Å². The van der Waals surface area contributed by atoms with Crippen LogP contribution in [0.4, 0.5) is 4.79 Å². The molecule has 1 aromatic carbocycles. The maximum Gasteiger partial charge on any atom is 0.411 e. The summed E-state index contributed by atoms with van der Waals surface area (Å²) in [4.78, 5) is 19.6. The van der Waals surface area contributed by atoms with E-state index in [1.807, 2.05) is 6.07 Å². The van der Waals surface area contributed by atoms with Gasteiger partial charge in [-0.05, 0) is 31.5 Å². The number of rotatable bonds is 4. The molecule has 0 spiro atoms. The summed E-state index contributed by atoms with van der Waals surface area (Å²) in [6.07, 6.45) is 3.46. The molecule has 0 unspecified atom stereocenters. The fraction of sp³-hybridized carbons (Fsp3) is 0.353. The van der Waals surface area contributed by atoms with Gasteiger partial charge >= 0.3 is 6.09 Å². The molecule has 0 aliphatic carbocycles. The van der Waals surface area contributed by atoms with Gasteiger partial charge in [0.1, 0.15) is 5.82 Å². The number of aromatic nitrogens is 2. The normalized spacial score (nSPS) is 16.7. The molecule has 1 aliphatic rings. The summed E-state index contributed by atoms with van der Waals surface area (Å²) in [7, 11) is 0. The molecule has 0 radical (unpaired) electrons. The SMILES string of the molecule is NC(=O)Oc1ccnc(CC2(c3ccccc3)CCNCC2)n1. The van der Waals surface area contributed by atoms with Gasteiger partial charge in [-0.15, -0.1) is 0 Å². The largest absolute Gasteiger partial charge is 0.411 e. The average Bonchev–Trinajstić information content (AvgIpc) is 2.56. The number of carbonyl (C=O) groups excluding carboxylic acids is 1. The molecule has 6 nitrogen and oxygen atoms in total. The van der Waals surface area contributed by atoms with Crippen molar-refractivity contribution >= 4 is 6.09 Å². The summed E-state index contributed by atoms with van der Waals surface area (Å²) in [6, 6.07) is 12.0. The third kappa shape index (κ3) is 3.65. The van der Waals surface area contributed by atoms with Crippen LogP contribution in [0.5, 0.6) is 5.88 Å². The van der Waals surface area contributed by atoms with Gasteiger partial charge in [-0.1, -0.05) is 30.3 Å². The van der Waals surface area contributed by atoms with Crippen LogP contribution in [0.1, 0.15) is 24.2 Å². The number of hydrogen-bond donors (Lipinski definition) is 2. The number of ether oxygens (including phenoxy) is 1. The van der Waals surface area contributed by atoms with Crippen molar-refractivity contribution in [1.82, 2.24) is 15.3 Å². The molecule has 3 rings (SSSR count). The van der Waals surface area contributed by atoms with E-state index in [-0.39, 0.29) is 11.3 Å². The lowest BCUT2D eigenvalue weighted by Gasteiger charge is -2.38. The Balaban J connectivity index is 1.89. The lowest BCUT2D eigenvalue weighted by atomic mass is 9.70. The van der Waals surface area contributed by atoms with Crippen LogP contribution in [0.3, 0.4) is 0 Å². The van der Waals surface area contributed by atoms with Crippen molar-refractivity contribution in [3.63, 3.8) is 0 Å². The second kappa shape index (κ2) is 6.75. The first-order chi connectivity index (χ1) is 11.2. The molecule has 0 saturated carbocycles. The van der Waals surface area contributed by atoms with Crippen molar-refractivity contribution in [2.24, 2.45) is 5.73 Å². The Morgan fingerprint density at radius 1 is 1.22 bits per heavy atom. The fourth-order valence-electron chi connectivity index (χ4n) is 3.19. The van der Waals surface area contributed by atoms with Gasteiger partial charge in [-0.2, -0.15) is 4.98 Å². The highest BCUT2D eigenvalue weighted by atomic mass is 16.6. The van der Waals surface area contributed by atoms with E-state index in [1.54, 1.807) is 6.20 Å². The van der Waals surface area contributed by atoms with E-state index >= 15 is 0 Å². The van der Waals surface area contributed by atoms with E-state index in [0.29, 0.717) is 12.2 Å². The molecule has 1 fully saturated rings. The third-order valence-electron chi connectivity index (χ3n) is 4.33. The Morgan fingerprint density at radius 2 is 1.96 bits per heavy atom. The zero-order chi connectivity index (χ0) is 16.1. The molecule has 0 bridgehead atoms. The van der Waals surface area contributed by atoms with Crippen LogP contribution in [0.25, 0.3) is 0 Å². The maximum atomic E-state index is 10.9. The molecule has 1 aromatic heterocycles. The van der Waals surface area contributed by atoms with Crippen LogP contribution in [0.2, 0.25) is 0 Å². The van der Waals surface area contributed by atoms with Gasteiger partial charge < -0.3 is 15.8 Å². The number of primary amides is 1. The van der Waals surface area contributed by atoms with Crippen molar-refractivity contribution in [2.45, 2.75) is 24.7 Å². The van der Waals surface area contributed by atoms with E-state index in [2.05, 4.69) is 39.6 Å². The molecule has 2 aromatic rings. The second-order valence-corrected chi connectivity index (χ2v) is 5.81. The fourth-order valence-corrected chi connectivity index (χ4v) is 3.19. The highest BCUT2D eigenvalue weighted by Gasteiger charge is 2.35. The van der Waals surface area contributed by atoms with Crippen LogP contribution in [-0.4, -0.2) is 29.2 Å². The van der Waals surface area contributed by atoms with Crippen LogP contribution in [-0.2, 0) is 11.8 Å². The van der Waals surface area contributed by atoms with Gasteiger partial charge in [-0.25, -0.2) is 9.78 Å². The number of carbonyl (C=O) groups is 1. The molecule has 2 heterocycles. The minimum atomic E-state index is -0.866. The zero-order valence-corrected chi connectivity index (χ0v) is 12.9. The predicted molar refractivity (Wildman–Crippen MR) is 86.2 cm³/mol. The van der Waals surface area contributed by atoms with Gasteiger partial charge in [0.2, 0.25) is 5.88 Å². The summed E-state index contributed by atoms with van der Waals surface area (Å²) >= 11 is 0. The molecular weight excluding hydrogens is 292 g/mol. The highest BCUT2D eigenvalue weighted by molar-refractivity contribution is 5.67. The standard InChI is InChI=1S/C17H20N4O2/c18-16(22)23-15-6-9-20-14(21-15)12-17(7-10-19-11-8-17)13-4-2-1-3-5-13/h1-6,9,19H,7-8,10-12H2,(H2,18,22). The molecule has 1 amide bonds. The van der Waals surface area contributed by atoms with Gasteiger partial charge in [0.15, 0.2) is 0 Å². The van der Waals surface area contributed by atoms with E-state index in [9.17, 15) is 4.79 Å². The Labute approximate surface area is 135 Å². The van der Waals surface area contributed by atoms with Gasteiger partial charge in [0.25, 0.3) is 0 Å². The summed E-state index contributed by atoms with van der Waals surface area (Å²) in [6.45, 7) is 1.93. The minimum absolute atomic E-state index is 0.00213. The number of nitrogens with one attached hydrogen (secondary N) is 1. The topological polar surface area (TPSA) is 90.1 Å². The number of piperidine rings is 1. The van der Waals surface area contributed by atoms with E-state index < -0.39 is 6.09 Å². The van der Waals surface area contributed by atoms with Crippen molar-refractivity contribution in [2.75, 3.05) is 13.1 Å². The number of amides is 1. The lowest BCUT2D eigenvalue weighted by Crippen LogP contribution is -2.41. The smallest absolute Gasteiger partial charge is 0.391 e. The highest BCUT2D eigenvalue weighted by Crippen LogP contribution is 2.36. The van der Waals surface area contributed by atoms with Gasteiger partial charge in [0.05, 0.1) is 0 Å². The Hall–Kier alpha value is -2.47. The van der Waals surface area contributed by atoms with Crippen molar-refractivity contribution in [1.29, 1.82) is 0 Å². The second-order valence-electron chi connectivity index (χ2n) is 5.81. The predicted octanol–water partition coefficient (Wildman–Crippen LogP) is 1.80. The quantitative estimate of drug-likeness (QED) is 0.898. The van der Waals surface area contributed by atoms with Crippen LogP contribution < -0.4 is 15.8 Å². The number of nitrogens with two attached hydrogens (primary N) is 1. The molecular formula is C17H20N4O2. The van der Waals surface area contributed by atoms with E-state index in [4.69, 9.17) is 10.5 Å². The van der Waals surface area contributed by atoms with Crippen LogP contribution in [0, 0.1) is 0 Å². The third-order valence-corrected chi connectivity index (χ3v) is 4.33. The van der Waals surface area contributed by atoms with Gasteiger partial charge in [-0.3, -0.25) is 0 Å². The molecule has 3 N–H and O–H groups in total. The van der Waals surface area contributed by atoms with Crippen molar-refractivity contribution in [3.8, 4) is 5.88 Å². The Bertz CT molecular complexity index is 669. The molecule has 1 aliphatic heterocycles. The first-order valence-electron chi connectivity index (χ1n) is 7.73. The first kappa shape index (κ1) is 15.4. The zero-order valence-electron chi connectivity index (χ0n) is 12.9.